The monoisotopic (exact) mass is 434 g/mol. The Labute approximate surface area is 187 Å². The lowest BCUT2D eigenvalue weighted by molar-refractivity contribution is -0.145. The maximum atomic E-state index is 12.0. The van der Waals surface area contributed by atoms with Gasteiger partial charge in [0.05, 0.1) is 0 Å². The molecule has 0 fully saturated rings. The molecule has 6 nitrogen and oxygen atoms in total. The second-order valence-electron chi connectivity index (χ2n) is 7.21. The Bertz CT molecular complexity index is 1090. The van der Waals surface area contributed by atoms with E-state index in [1.165, 1.54) is 12.2 Å². The fourth-order valence-corrected chi connectivity index (χ4v) is 3.32. The molecule has 0 aliphatic carbocycles. The molecule has 3 aromatic carbocycles. The molecule has 0 spiro atoms. The molecule has 0 saturated heterocycles. The molecule has 0 amide bonds. The third-order valence-electron chi connectivity index (χ3n) is 4.93. The molecule has 6 heteroatoms. The molecule has 0 unspecified atom stereocenters. The van der Waals surface area contributed by atoms with Crippen LogP contribution in [0.4, 0.5) is 0 Å². The lowest BCUT2D eigenvalue weighted by Gasteiger charge is -2.18. The van der Waals surface area contributed by atoms with Crippen LogP contribution in [0.2, 0.25) is 0 Å². The van der Waals surface area contributed by atoms with Gasteiger partial charge in [0.1, 0.15) is 24.7 Å². The molecule has 166 valence electrons. The van der Waals surface area contributed by atoms with Crippen molar-refractivity contribution in [3.63, 3.8) is 0 Å². The summed E-state index contributed by atoms with van der Waals surface area (Å²) in [6, 6.07) is 11.5. The van der Waals surface area contributed by atoms with Gasteiger partial charge in [-0.1, -0.05) is 49.6 Å². The van der Waals surface area contributed by atoms with Crippen molar-refractivity contribution in [3.8, 4) is 11.5 Å². The van der Waals surface area contributed by atoms with E-state index in [9.17, 15) is 9.59 Å². The van der Waals surface area contributed by atoms with Crippen molar-refractivity contribution in [3.05, 3.63) is 72.8 Å². The first-order valence-electron chi connectivity index (χ1n) is 10.2. The van der Waals surface area contributed by atoms with Gasteiger partial charge in [-0.05, 0) is 37.1 Å². The molecular weight excluding hydrogens is 408 g/mol. The number of hydrogen-bond acceptors (Lipinski definition) is 6. The molecule has 0 N–H and O–H groups in total. The molecule has 0 atom stereocenters. The quantitative estimate of drug-likeness (QED) is 0.259. The minimum absolute atomic E-state index is 0.122. The van der Waals surface area contributed by atoms with E-state index in [1.54, 1.807) is 0 Å². The summed E-state index contributed by atoms with van der Waals surface area (Å²) < 4.78 is 22.0. The molecule has 0 radical (unpaired) electrons. The Morgan fingerprint density at radius 1 is 0.750 bits per heavy atom. The van der Waals surface area contributed by atoms with Crippen molar-refractivity contribution >= 4 is 33.5 Å². The predicted octanol–water partition coefficient (Wildman–Crippen LogP) is 4.83. The van der Waals surface area contributed by atoms with Gasteiger partial charge >= 0.3 is 11.9 Å². The molecule has 0 bridgehead atoms. The van der Waals surface area contributed by atoms with Gasteiger partial charge in [-0.2, -0.15) is 0 Å². The topological polar surface area (TPSA) is 71.1 Å². The molecule has 0 saturated carbocycles. The molecule has 3 rings (SSSR count). The maximum absolute atomic E-state index is 12.0. The van der Waals surface area contributed by atoms with Crippen molar-refractivity contribution in [2.75, 3.05) is 26.4 Å². The van der Waals surface area contributed by atoms with Crippen LogP contribution in [0.3, 0.4) is 0 Å². The smallest absolute Gasteiger partial charge is 0.344 e. The van der Waals surface area contributed by atoms with Crippen LogP contribution in [0, 0.1) is 13.8 Å². The van der Waals surface area contributed by atoms with E-state index in [0.29, 0.717) is 11.5 Å². The van der Waals surface area contributed by atoms with Crippen LogP contribution in [-0.2, 0) is 19.1 Å². The number of rotatable bonds is 10. The first-order valence-corrected chi connectivity index (χ1v) is 10.2. The fraction of sp³-hybridized carbons (Fsp3) is 0.231. The number of esters is 2. The number of hydrogen-bond donors (Lipinski definition) is 0. The molecule has 0 heterocycles. The van der Waals surface area contributed by atoms with E-state index >= 15 is 0 Å². The van der Waals surface area contributed by atoms with Gasteiger partial charge in [0.2, 0.25) is 0 Å². The summed E-state index contributed by atoms with van der Waals surface area (Å²) in [6.07, 6.45) is 3.00. The number of benzene rings is 3. The van der Waals surface area contributed by atoms with Crippen molar-refractivity contribution in [1.29, 1.82) is 0 Å². The van der Waals surface area contributed by atoms with Crippen molar-refractivity contribution < 1.29 is 28.5 Å². The van der Waals surface area contributed by atoms with Crippen LogP contribution in [-0.4, -0.2) is 38.4 Å². The average molecular weight is 434 g/mol. The van der Waals surface area contributed by atoms with Gasteiger partial charge in [0, 0.05) is 21.5 Å². The third-order valence-corrected chi connectivity index (χ3v) is 4.93. The highest BCUT2D eigenvalue weighted by molar-refractivity contribution is 6.11. The molecule has 0 aliphatic heterocycles. The highest BCUT2D eigenvalue weighted by Crippen LogP contribution is 2.43. The minimum Gasteiger partial charge on any atom is -0.481 e. The Balaban J connectivity index is 2.10. The second kappa shape index (κ2) is 10.5. The van der Waals surface area contributed by atoms with E-state index in [0.717, 1.165) is 32.7 Å². The lowest BCUT2D eigenvalue weighted by Crippen LogP contribution is -2.16. The summed E-state index contributed by atoms with van der Waals surface area (Å²) in [4.78, 5) is 24.0. The molecular formula is C26H26O6. The van der Waals surface area contributed by atoms with Crippen LogP contribution in [0.5, 0.6) is 11.5 Å². The van der Waals surface area contributed by atoms with Crippen LogP contribution < -0.4 is 9.47 Å². The molecule has 0 aromatic heterocycles. The molecule has 3 aromatic rings. The molecule has 32 heavy (non-hydrogen) atoms. The van der Waals surface area contributed by atoms with Gasteiger partial charge in [0.15, 0.2) is 13.2 Å². The predicted molar refractivity (Wildman–Crippen MR) is 124 cm³/mol. The third kappa shape index (κ3) is 5.09. The van der Waals surface area contributed by atoms with Crippen molar-refractivity contribution in [2.45, 2.75) is 13.8 Å². The summed E-state index contributed by atoms with van der Waals surface area (Å²) in [5, 5.41) is 3.07. The average Bonchev–Trinajstić information content (AvgIpc) is 2.79. The Morgan fingerprint density at radius 2 is 1.16 bits per heavy atom. The van der Waals surface area contributed by atoms with E-state index in [4.69, 9.17) is 18.9 Å². The number of carbonyl (C=O) groups excluding carboxylic acids is 2. The van der Waals surface area contributed by atoms with Crippen molar-refractivity contribution in [2.24, 2.45) is 0 Å². The van der Waals surface area contributed by atoms with E-state index in [2.05, 4.69) is 13.2 Å². The van der Waals surface area contributed by atoms with Crippen LogP contribution in [0.15, 0.2) is 61.7 Å². The van der Waals surface area contributed by atoms with Crippen LogP contribution >= 0.6 is 0 Å². The van der Waals surface area contributed by atoms with Crippen LogP contribution in [0.25, 0.3) is 21.5 Å². The second-order valence-corrected chi connectivity index (χ2v) is 7.21. The zero-order valence-corrected chi connectivity index (χ0v) is 18.3. The van der Waals surface area contributed by atoms with Gasteiger partial charge in [-0.3, -0.25) is 0 Å². The number of fused-ring (bicyclic) bond motifs is 2. The zero-order valence-electron chi connectivity index (χ0n) is 18.3. The van der Waals surface area contributed by atoms with Gasteiger partial charge in [-0.15, -0.1) is 0 Å². The van der Waals surface area contributed by atoms with Crippen molar-refractivity contribution in [1.82, 2.24) is 0 Å². The Morgan fingerprint density at radius 3 is 1.53 bits per heavy atom. The Kier molecular flexibility index (Phi) is 7.49. The minimum atomic E-state index is -0.490. The summed E-state index contributed by atoms with van der Waals surface area (Å²) in [6.45, 7) is 10.8. The largest absolute Gasteiger partial charge is 0.481 e. The number of aryl methyl sites for hydroxylation is 2. The van der Waals surface area contributed by atoms with Gasteiger partial charge < -0.3 is 18.9 Å². The molecule has 0 aliphatic rings. The number of carbonyl (C=O) groups is 2. The first-order chi connectivity index (χ1) is 15.5. The zero-order chi connectivity index (χ0) is 23.1. The van der Waals surface area contributed by atoms with Crippen LogP contribution in [0.1, 0.15) is 11.1 Å². The summed E-state index contributed by atoms with van der Waals surface area (Å²) in [7, 11) is 0. The summed E-state index contributed by atoms with van der Waals surface area (Å²) >= 11 is 0. The number of ether oxygens (including phenoxy) is 4. The standard InChI is InChI=1S/C26H26O6/c1-5-11-29-23(27)15-31-25-19-9-7-8-10-20(19)26(32-16-24(28)30-12-6-2)22-14-18(4)17(3)13-21(22)25/h5-10,13-14H,1-2,11-12,15-16H2,3-4H3. The van der Waals surface area contributed by atoms with E-state index in [-0.39, 0.29) is 26.4 Å². The highest BCUT2D eigenvalue weighted by Gasteiger charge is 2.19. The normalized spacial score (nSPS) is 10.6. The maximum Gasteiger partial charge on any atom is 0.344 e. The lowest BCUT2D eigenvalue weighted by atomic mass is 9.96. The first kappa shape index (κ1) is 22.9. The van der Waals surface area contributed by atoms with Gasteiger partial charge in [-0.25, -0.2) is 9.59 Å². The SMILES string of the molecule is C=CCOC(=O)COc1c2ccccc2c(OCC(=O)OCC=C)c2cc(C)c(C)cc12. The van der Waals surface area contributed by atoms with E-state index < -0.39 is 11.9 Å². The summed E-state index contributed by atoms with van der Waals surface area (Å²) in [5.74, 6) is 0.124. The Hall–Kier alpha value is -3.80. The fourth-order valence-electron chi connectivity index (χ4n) is 3.32. The summed E-state index contributed by atoms with van der Waals surface area (Å²) in [5.41, 5.74) is 2.12. The van der Waals surface area contributed by atoms with Gasteiger partial charge in [0.25, 0.3) is 0 Å². The highest BCUT2D eigenvalue weighted by atomic mass is 16.6. The van der Waals surface area contributed by atoms with E-state index in [1.807, 2.05) is 50.2 Å².